The average molecular weight is 528 g/mol. The van der Waals surface area contributed by atoms with Crippen molar-refractivity contribution in [3.8, 4) is 5.69 Å². The van der Waals surface area contributed by atoms with Gasteiger partial charge in [0, 0.05) is 31.4 Å². The van der Waals surface area contributed by atoms with Gasteiger partial charge in [0.1, 0.15) is 16.6 Å². The summed E-state index contributed by atoms with van der Waals surface area (Å²) < 4.78 is 16.2. The van der Waals surface area contributed by atoms with Crippen LogP contribution in [0, 0.1) is 12.7 Å². The predicted molar refractivity (Wildman–Crippen MR) is 127 cm³/mol. The van der Waals surface area contributed by atoms with Crippen LogP contribution in [0.25, 0.3) is 5.69 Å². The van der Waals surface area contributed by atoms with Crippen molar-refractivity contribution in [1.82, 2.24) is 25.2 Å². The Morgan fingerprint density at radius 1 is 1.28 bits per heavy atom. The molecule has 29 heavy (non-hydrogen) atoms. The molecule has 2 heterocycles. The second-order valence-corrected chi connectivity index (χ2v) is 7.67. The van der Waals surface area contributed by atoms with E-state index in [1.165, 1.54) is 6.07 Å². The molecule has 0 saturated heterocycles. The molecule has 3 rings (SSSR count). The number of benzene rings is 1. The van der Waals surface area contributed by atoms with Gasteiger partial charge in [-0.05, 0) is 30.5 Å². The average Bonchev–Trinajstić information content (AvgIpc) is 3.31. The molecule has 0 aliphatic heterocycles. The van der Waals surface area contributed by atoms with Crippen molar-refractivity contribution < 1.29 is 4.39 Å². The molecule has 0 aliphatic rings. The first-order valence-corrected chi connectivity index (χ1v) is 10.0. The van der Waals surface area contributed by atoms with E-state index in [1.54, 1.807) is 41.4 Å². The highest BCUT2D eigenvalue weighted by Gasteiger charge is 2.09. The zero-order valence-electron chi connectivity index (χ0n) is 16.9. The molecule has 0 aliphatic carbocycles. The van der Waals surface area contributed by atoms with Crippen molar-refractivity contribution in [3.63, 3.8) is 0 Å². The van der Waals surface area contributed by atoms with Crippen LogP contribution in [-0.2, 0) is 13.1 Å². The third-order valence-electron chi connectivity index (χ3n) is 4.35. The van der Waals surface area contributed by atoms with E-state index in [0.29, 0.717) is 30.7 Å². The highest BCUT2D eigenvalue weighted by molar-refractivity contribution is 14.0. The lowest BCUT2D eigenvalue weighted by Crippen LogP contribution is -2.36. The normalized spacial score (nSPS) is 11.4. The minimum atomic E-state index is -0.285. The van der Waals surface area contributed by atoms with Gasteiger partial charge in [-0.2, -0.15) is 0 Å². The molecular formula is C20H26FIN6S. The topological polar surface area (TPSA) is 67.1 Å². The SMILES string of the molecule is CN=C(NCc1ccc(-n2ccnc2C)c(F)c1)NCc1nc(C(C)C)cs1.I. The van der Waals surface area contributed by atoms with Crippen molar-refractivity contribution >= 4 is 41.3 Å². The minimum Gasteiger partial charge on any atom is -0.352 e. The molecule has 0 saturated carbocycles. The first-order chi connectivity index (χ1) is 13.5. The van der Waals surface area contributed by atoms with Gasteiger partial charge in [-0.3, -0.25) is 4.99 Å². The summed E-state index contributed by atoms with van der Waals surface area (Å²) in [6, 6.07) is 5.19. The maximum atomic E-state index is 14.5. The number of hydrogen-bond donors (Lipinski definition) is 2. The number of nitrogens with one attached hydrogen (secondary N) is 2. The lowest BCUT2D eigenvalue weighted by molar-refractivity contribution is 0.613. The molecule has 0 atom stereocenters. The maximum Gasteiger partial charge on any atom is 0.191 e. The Labute approximate surface area is 191 Å². The van der Waals surface area contributed by atoms with Crippen LogP contribution in [0.5, 0.6) is 0 Å². The summed E-state index contributed by atoms with van der Waals surface area (Å²) in [7, 11) is 1.71. The Bertz CT molecular complexity index is 966. The molecule has 6 nitrogen and oxygen atoms in total. The van der Waals surface area contributed by atoms with Crippen LogP contribution in [0.1, 0.15) is 41.9 Å². The number of guanidine groups is 1. The number of hydrogen-bond acceptors (Lipinski definition) is 4. The highest BCUT2D eigenvalue weighted by Crippen LogP contribution is 2.18. The number of imidazole rings is 1. The third kappa shape index (κ3) is 5.99. The molecular weight excluding hydrogens is 502 g/mol. The predicted octanol–water partition coefficient (Wildman–Crippen LogP) is 4.38. The van der Waals surface area contributed by atoms with E-state index in [4.69, 9.17) is 0 Å². The Kier molecular flexibility index (Phi) is 8.57. The van der Waals surface area contributed by atoms with Gasteiger partial charge in [-0.15, -0.1) is 35.3 Å². The Balaban J connectivity index is 0.00000300. The monoisotopic (exact) mass is 528 g/mol. The van der Waals surface area contributed by atoms with Gasteiger partial charge < -0.3 is 15.2 Å². The fourth-order valence-electron chi connectivity index (χ4n) is 2.73. The van der Waals surface area contributed by atoms with Gasteiger partial charge in [-0.25, -0.2) is 14.4 Å². The molecule has 0 spiro atoms. The smallest absolute Gasteiger partial charge is 0.191 e. The van der Waals surface area contributed by atoms with Gasteiger partial charge in [0.25, 0.3) is 0 Å². The van der Waals surface area contributed by atoms with E-state index >= 15 is 0 Å². The number of aromatic nitrogens is 3. The van der Waals surface area contributed by atoms with E-state index < -0.39 is 0 Å². The largest absolute Gasteiger partial charge is 0.352 e. The van der Waals surface area contributed by atoms with Gasteiger partial charge >= 0.3 is 0 Å². The lowest BCUT2D eigenvalue weighted by atomic mass is 10.2. The second-order valence-electron chi connectivity index (χ2n) is 6.73. The second kappa shape index (κ2) is 10.7. The van der Waals surface area contributed by atoms with Crippen molar-refractivity contribution in [2.75, 3.05) is 7.05 Å². The summed E-state index contributed by atoms with van der Waals surface area (Å²) in [5.41, 5.74) is 2.43. The minimum absolute atomic E-state index is 0. The number of nitrogens with zero attached hydrogens (tertiary/aromatic N) is 4. The van der Waals surface area contributed by atoms with Crippen LogP contribution in [0.15, 0.2) is 41.0 Å². The van der Waals surface area contributed by atoms with E-state index in [-0.39, 0.29) is 29.8 Å². The Morgan fingerprint density at radius 3 is 2.62 bits per heavy atom. The molecule has 1 aromatic carbocycles. The molecule has 0 radical (unpaired) electrons. The molecule has 2 aromatic heterocycles. The lowest BCUT2D eigenvalue weighted by Gasteiger charge is -2.12. The first-order valence-electron chi connectivity index (χ1n) is 9.15. The van der Waals surface area contributed by atoms with Crippen LogP contribution in [0.4, 0.5) is 4.39 Å². The molecule has 9 heteroatoms. The zero-order chi connectivity index (χ0) is 20.1. The van der Waals surface area contributed by atoms with E-state index in [0.717, 1.165) is 22.1 Å². The van der Waals surface area contributed by atoms with Gasteiger partial charge in [0.2, 0.25) is 0 Å². The number of halogens is 2. The highest BCUT2D eigenvalue weighted by atomic mass is 127. The summed E-state index contributed by atoms with van der Waals surface area (Å²) in [6.07, 6.45) is 3.41. The standard InChI is InChI=1S/C20H25FN6S.HI/c1-13(2)17-12-28-19(26-17)11-25-20(22-4)24-10-15-5-6-18(16(21)9-15)27-8-7-23-14(27)3;/h5-9,12-13H,10-11H2,1-4H3,(H2,22,24,25);1H. The number of thiazole rings is 1. The molecule has 0 amide bonds. The van der Waals surface area contributed by atoms with Gasteiger partial charge in [0.05, 0.1) is 17.9 Å². The summed E-state index contributed by atoms with van der Waals surface area (Å²) in [4.78, 5) is 13.0. The molecule has 0 fully saturated rings. The van der Waals surface area contributed by atoms with E-state index in [1.807, 2.05) is 13.0 Å². The number of aryl methyl sites for hydroxylation is 1. The summed E-state index contributed by atoms with van der Waals surface area (Å²) >= 11 is 1.63. The summed E-state index contributed by atoms with van der Waals surface area (Å²) in [5.74, 6) is 1.53. The molecule has 3 aromatic rings. The van der Waals surface area contributed by atoms with Gasteiger partial charge in [0.15, 0.2) is 5.96 Å². The fourth-order valence-corrected chi connectivity index (χ4v) is 3.62. The van der Waals surface area contributed by atoms with E-state index in [9.17, 15) is 4.39 Å². The van der Waals surface area contributed by atoms with Crippen molar-refractivity contribution in [3.05, 3.63) is 63.9 Å². The van der Waals surface area contributed by atoms with Crippen molar-refractivity contribution in [2.45, 2.75) is 39.8 Å². The van der Waals surface area contributed by atoms with Gasteiger partial charge in [-0.1, -0.05) is 19.9 Å². The van der Waals surface area contributed by atoms with Crippen LogP contribution in [0.3, 0.4) is 0 Å². The van der Waals surface area contributed by atoms with Crippen molar-refractivity contribution in [1.29, 1.82) is 0 Å². The van der Waals surface area contributed by atoms with E-state index in [2.05, 4.69) is 44.8 Å². The molecule has 0 bridgehead atoms. The van der Waals surface area contributed by atoms with Crippen LogP contribution < -0.4 is 10.6 Å². The zero-order valence-corrected chi connectivity index (χ0v) is 20.1. The molecule has 156 valence electrons. The van der Waals surface area contributed by atoms with Crippen LogP contribution in [0.2, 0.25) is 0 Å². The maximum absolute atomic E-state index is 14.5. The quantitative estimate of drug-likeness (QED) is 0.283. The fraction of sp³-hybridized carbons (Fsp3) is 0.350. The molecule has 0 unspecified atom stereocenters. The van der Waals surface area contributed by atoms with Crippen LogP contribution >= 0.6 is 35.3 Å². The Hall–Kier alpha value is -2.01. The van der Waals surface area contributed by atoms with Crippen molar-refractivity contribution in [2.24, 2.45) is 4.99 Å². The van der Waals surface area contributed by atoms with Crippen LogP contribution in [-0.4, -0.2) is 27.5 Å². The Morgan fingerprint density at radius 2 is 2.03 bits per heavy atom. The summed E-state index contributed by atoms with van der Waals surface area (Å²) in [5, 5.41) is 9.55. The number of aliphatic imine (C=N–C) groups is 1. The molecule has 2 N–H and O–H groups in total. The summed E-state index contributed by atoms with van der Waals surface area (Å²) in [6.45, 7) is 7.17. The third-order valence-corrected chi connectivity index (χ3v) is 5.22. The number of rotatable bonds is 6. The first kappa shape index (κ1) is 23.3.